The van der Waals surface area contributed by atoms with E-state index in [1.807, 2.05) is 20.8 Å². The van der Waals surface area contributed by atoms with Gasteiger partial charge in [0, 0.05) is 23.2 Å². The number of anilines is 2. The molecule has 1 aromatic carbocycles. The van der Waals surface area contributed by atoms with Gasteiger partial charge in [0.05, 0.1) is 5.69 Å². The van der Waals surface area contributed by atoms with Gasteiger partial charge in [0.1, 0.15) is 11.6 Å². The van der Waals surface area contributed by atoms with Gasteiger partial charge in [-0.2, -0.15) is 5.10 Å². The van der Waals surface area contributed by atoms with E-state index in [1.165, 1.54) is 12.1 Å². The van der Waals surface area contributed by atoms with E-state index in [4.69, 9.17) is 5.11 Å². The minimum Gasteiger partial charge on any atom is -0.508 e. The maximum absolute atomic E-state index is 13.5. The number of nitrogens with zero attached hydrogens (tertiary/aromatic N) is 1. The van der Waals surface area contributed by atoms with Crippen LogP contribution >= 0.6 is 0 Å². The van der Waals surface area contributed by atoms with Crippen LogP contribution in [0.5, 0.6) is 5.75 Å². The van der Waals surface area contributed by atoms with Crippen LogP contribution in [0.3, 0.4) is 0 Å². The Bertz CT molecular complexity index is 661. The first kappa shape index (κ1) is 14.8. The number of H-pyrrole nitrogens is 1. The molecule has 0 fully saturated rings. The SMILES string of the molecule is CC(C)(C)c1cc(NC(=O)Nc2ccc(O)cc2F)n[nH]1. The number of nitrogens with one attached hydrogen (secondary N) is 3. The van der Waals surface area contributed by atoms with Gasteiger partial charge in [0.2, 0.25) is 0 Å². The molecule has 0 unspecified atom stereocenters. The third kappa shape index (κ3) is 3.71. The van der Waals surface area contributed by atoms with Crippen molar-refractivity contribution in [3.8, 4) is 5.75 Å². The van der Waals surface area contributed by atoms with Crippen LogP contribution in [-0.2, 0) is 5.41 Å². The van der Waals surface area contributed by atoms with Gasteiger partial charge < -0.3 is 10.4 Å². The van der Waals surface area contributed by atoms with Crippen molar-refractivity contribution in [2.75, 3.05) is 10.6 Å². The highest BCUT2D eigenvalue weighted by atomic mass is 19.1. The first-order valence-corrected chi connectivity index (χ1v) is 6.38. The summed E-state index contributed by atoms with van der Waals surface area (Å²) >= 11 is 0. The van der Waals surface area contributed by atoms with E-state index >= 15 is 0 Å². The molecule has 0 saturated heterocycles. The zero-order chi connectivity index (χ0) is 15.6. The molecule has 21 heavy (non-hydrogen) atoms. The van der Waals surface area contributed by atoms with E-state index in [0.29, 0.717) is 5.82 Å². The molecule has 4 N–H and O–H groups in total. The number of amides is 2. The zero-order valence-electron chi connectivity index (χ0n) is 12.0. The second kappa shape index (κ2) is 5.43. The largest absolute Gasteiger partial charge is 0.508 e. The average Bonchev–Trinajstić information content (AvgIpc) is 2.81. The van der Waals surface area contributed by atoms with Crippen molar-refractivity contribution in [3.63, 3.8) is 0 Å². The molecular weight excluding hydrogens is 275 g/mol. The van der Waals surface area contributed by atoms with Crippen LogP contribution in [0.4, 0.5) is 20.7 Å². The zero-order valence-corrected chi connectivity index (χ0v) is 12.0. The van der Waals surface area contributed by atoms with E-state index in [2.05, 4.69) is 20.8 Å². The highest BCUT2D eigenvalue weighted by molar-refractivity contribution is 5.99. The highest BCUT2D eigenvalue weighted by Gasteiger charge is 2.17. The Morgan fingerprint density at radius 2 is 2.00 bits per heavy atom. The molecule has 0 bridgehead atoms. The number of hydrogen-bond donors (Lipinski definition) is 4. The predicted molar refractivity (Wildman–Crippen MR) is 78.0 cm³/mol. The standard InChI is InChI=1S/C14H17FN4O2/c1-14(2,3)11-7-12(19-18-11)17-13(21)16-10-5-4-8(20)6-9(10)15/h4-7,20H,1-3H3,(H3,16,17,18,19,21). The number of carbonyl (C=O) groups excluding carboxylic acids is 1. The third-order valence-corrected chi connectivity index (χ3v) is 2.83. The lowest BCUT2D eigenvalue weighted by atomic mass is 9.92. The van der Waals surface area contributed by atoms with E-state index in [9.17, 15) is 9.18 Å². The predicted octanol–water partition coefficient (Wildman–Crippen LogP) is 3.20. The number of urea groups is 1. The summed E-state index contributed by atoms with van der Waals surface area (Å²) in [5.74, 6) is -0.584. The van der Waals surface area contributed by atoms with Crippen LogP contribution in [-0.4, -0.2) is 21.3 Å². The van der Waals surface area contributed by atoms with Crippen molar-refractivity contribution in [1.82, 2.24) is 10.2 Å². The van der Waals surface area contributed by atoms with E-state index in [0.717, 1.165) is 11.8 Å². The number of carbonyl (C=O) groups is 1. The van der Waals surface area contributed by atoms with Crippen LogP contribution in [0.25, 0.3) is 0 Å². The summed E-state index contributed by atoms with van der Waals surface area (Å²) in [4.78, 5) is 11.8. The molecule has 0 aliphatic heterocycles. The van der Waals surface area contributed by atoms with E-state index in [-0.39, 0.29) is 16.9 Å². The first-order chi connectivity index (χ1) is 9.75. The van der Waals surface area contributed by atoms with E-state index in [1.54, 1.807) is 6.07 Å². The second-order valence-electron chi connectivity index (χ2n) is 5.66. The molecule has 2 rings (SSSR count). The summed E-state index contributed by atoms with van der Waals surface area (Å²) in [7, 11) is 0. The number of phenolic OH excluding ortho intramolecular Hbond substituents is 1. The first-order valence-electron chi connectivity index (χ1n) is 6.38. The van der Waals surface area contributed by atoms with Crippen LogP contribution in [0.1, 0.15) is 26.5 Å². The van der Waals surface area contributed by atoms with Crippen LogP contribution in [0, 0.1) is 5.82 Å². The Labute approximate surface area is 121 Å². The number of aromatic hydroxyl groups is 1. The topological polar surface area (TPSA) is 90.0 Å². The molecule has 112 valence electrons. The maximum Gasteiger partial charge on any atom is 0.324 e. The van der Waals surface area contributed by atoms with Crippen molar-refractivity contribution >= 4 is 17.5 Å². The summed E-state index contributed by atoms with van der Waals surface area (Å²) in [6.07, 6.45) is 0. The fourth-order valence-corrected chi connectivity index (χ4v) is 1.65. The average molecular weight is 292 g/mol. The van der Waals surface area contributed by atoms with Gasteiger partial charge in [-0.1, -0.05) is 20.8 Å². The van der Waals surface area contributed by atoms with Gasteiger partial charge in [-0.3, -0.25) is 10.4 Å². The smallest absolute Gasteiger partial charge is 0.324 e. The lowest BCUT2D eigenvalue weighted by Gasteiger charge is -2.14. The van der Waals surface area contributed by atoms with Crippen molar-refractivity contribution < 1.29 is 14.3 Å². The van der Waals surface area contributed by atoms with Crippen LogP contribution < -0.4 is 10.6 Å². The van der Waals surface area contributed by atoms with Gasteiger partial charge in [0.15, 0.2) is 5.82 Å². The summed E-state index contributed by atoms with van der Waals surface area (Å²) < 4.78 is 13.5. The Morgan fingerprint density at radius 1 is 1.29 bits per heavy atom. The van der Waals surface area contributed by atoms with Gasteiger partial charge in [0.25, 0.3) is 0 Å². The van der Waals surface area contributed by atoms with E-state index < -0.39 is 11.8 Å². The minimum absolute atomic E-state index is 0.0307. The monoisotopic (exact) mass is 292 g/mol. The van der Waals surface area contributed by atoms with Crippen molar-refractivity contribution in [2.45, 2.75) is 26.2 Å². The summed E-state index contributed by atoms with van der Waals surface area (Å²) in [5, 5.41) is 20.8. The second-order valence-corrected chi connectivity index (χ2v) is 5.66. The Balaban J connectivity index is 2.03. The number of benzene rings is 1. The molecule has 0 saturated carbocycles. The number of halogens is 1. The van der Waals surface area contributed by atoms with Crippen LogP contribution in [0.15, 0.2) is 24.3 Å². The van der Waals surface area contributed by atoms with Gasteiger partial charge in [-0.15, -0.1) is 0 Å². The summed E-state index contributed by atoms with van der Waals surface area (Å²) in [6.45, 7) is 6.03. The maximum atomic E-state index is 13.5. The van der Waals surface area contributed by atoms with Gasteiger partial charge >= 0.3 is 6.03 Å². The molecule has 1 heterocycles. The van der Waals surface area contributed by atoms with Gasteiger partial charge in [-0.25, -0.2) is 9.18 Å². The Morgan fingerprint density at radius 3 is 2.57 bits per heavy atom. The fraction of sp³-hybridized carbons (Fsp3) is 0.286. The Hall–Kier alpha value is -2.57. The molecule has 0 aliphatic carbocycles. The lowest BCUT2D eigenvalue weighted by molar-refractivity contribution is 0.262. The fourth-order valence-electron chi connectivity index (χ4n) is 1.65. The Kier molecular flexibility index (Phi) is 3.84. The highest BCUT2D eigenvalue weighted by Crippen LogP contribution is 2.22. The number of rotatable bonds is 2. The molecule has 6 nitrogen and oxygen atoms in total. The van der Waals surface area contributed by atoms with Crippen molar-refractivity contribution in [3.05, 3.63) is 35.8 Å². The molecule has 0 aliphatic rings. The lowest BCUT2D eigenvalue weighted by Crippen LogP contribution is -2.20. The summed E-state index contributed by atoms with van der Waals surface area (Å²) in [6, 6.07) is 4.57. The third-order valence-electron chi connectivity index (χ3n) is 2.83. The van der Waals surface area contributed by atoms with Crippen molar-refractivity contribution in [1.29, 1.82) is 0 Å². The normalized spacial score (nSPS) is 11.2. The number of phenols is 1. The molecule has 2 aromatic rings. The molecule has 0 radical (unpaired) electrons. The molecule has 2 amide bonds. The molecule has 0 atom stereocenters. The molecular formula is C14H17FN4O2. The minimum atomic E-state index is -0.720. The molecule has 7 heteroatoms. The quantitative estimate of drug-likeness (QED) is 0.641. The van der Waals surface area contributed by atoms with Gasteiger partial charge in [-0.05, 0) is 12.1 Å². The number of aromatic amines is 1. The molecule has 0 spiro atoms. The summed E-state index contributed by atoms with van der Waals surface area (Å²) in [5.41, 5.74) is 0.720. The van der Waals surface area contributed by atoms with Crippen molar-refractivity contribution in [2.24, 2.45) is 0 Å². The molecule has 1 aromatic heterocycles. The number of hydrogen-bond acceptors (Lipinski definition) is 3. The van der Waals surface area contributed by atoms with Crippen LogP contribution in [0.2, 0.25) is 0 Å². The number of aromatic nitrogens is 2.